The molecule has 1 aliphatic rings. The van der Waals surface area contributed by atoms with Crippen LogP contribution in [0.15, 0.2) is 53.4 Å². The van der Waals surface area contributed by atoms with Gasteiger partial charge in [0, 0.05) is 17.0 Å². The molecule has 130 valence electrons. The third-order valence-electron chi connectivity index (χ3n) is 4.24. The van der Waals surface area contributed by atoms with Crippen LogP contribution in [0.4, 0.5) is 4.39 Å². The molecule has 0 N–H and O–H groups in total. The van der Waals surface area contributed by atoms with Crippen molar-refractivity contribution in [2.45, 2.75) is 36.3 Å². The lowest BCUT2D eigenvalue weighted by atomic mass is 10.2. The molecule has 25 heavy (non-hydrogen) atoms. The number of amides is 2. The molecule has 3 rings (SSSR count). The minimum absolute atomic E-state index is 0.154. The van der Waals surface area contributed by atoms with Crippen molar-refractivity contribution in [2.24, 2.45) is 0 Å². The summed E-state index contributed by atoms with van der Waals surface area (Å²) >= 11 is 1.52. The first-order valence-corrected chi connectivity index (χ1v) is 9.27. The average Bonchev–Trinajstić information content (AvgIpc) is 2.77. The summed E-state index contributed by atoms with van der Waals surface area (Å²) in [6, 6.07) is 13.4. The quantitative estimate of drug-likeness (QED) is 0.762. The molecule has 5 heteroatoms. The number of benzene rings is 2. The first-order valence-electron chi connectivity index (χ1n) is 8.39. The lowest BCUT2D eigenvalue weighted by Crippen LogP contribution is -2.41. The van der Waals surface area contributed by atoms with Gasteiger partial charge in [-0.1, -0.05) is 24.1 Å². The van der Waals surface area contributed by atoms with Crippen LogP contribution in [0.5, 0.6) is 0 Å². The Hall–Kier alpha value is -2.14. The normalized spacial score (nSPS) is 18.1. The van der Waals surface area contributed by atoms with Gasteiger partial charge in [-0.05, 0) is 56.2 Å². The smallest absolute Gasteiger partial charge is 0.260 e. The van der Waals surface area contributed by atoms with Crippen molar-refractivity contribution < 1.29 is 14.0 Å². The standard InChI is InChI=1S/C20H20FNO2S/c1-14-5-4-6-17(13-14)25-18-7-2-3-12-22(20(18)24)19(23)15-8-10-16(21)11-9-15/h4-6,8-11,13,18H,2-3,7,12H2,1H3. The number of hydrogen-bond donors (Lipinski definition) is 0. The van der Waals surface area contributed by atoms with Crippen LogP contribution in [0.25, 0.3) is 0 Å². The van der Waals surface area contributed by atoms with Gasteiger partial charge in [0.25, 0.3) is 5.91 Å². The largest absolute Gasteiger partial charge is 0.278 e. The maximum Gasteiger partial charge on any atom is 0.260 e. The molecule has 1 atom stereocenters. The van der Waals surface area contributed by atoms with Crippen LogP contribution in [0.3, 0.4) is 0 Å². The number of aryl methyl sites for hydroxylation is 1. The van der Waals surface area contributed by atoms with Gasteiger partial charge in [0.15, 0.2) is 0 Å². The highest BCUT2D eigenvalue weighted by atomic mass is 32.2. The van der Waals surface area contributed by atoms with Crippen LogP contribution in [0.2, 0.25) is 0 Å². The highest BCUT2D eigenvalue weighted by Crippen LogP contribution is 2.31. The van der Waals surface area contributed by atoms with E-state index in [0.29, 0.717) is 12.1 Å². The van der Waals surface area contributed by atoms with E-state index in [1.54, 1.807) is 0 Å². The van der Waals surface area contributed by atoms with Crippen molar-refractivity contribution >= 4 is 23.6 Å². The Kier molecular flexibility index (Phi) is 5.53. The molecule has 0 saturated carbocycles. The van der Waals surface area contributed by atoms with Gasteiger partial charge in [-0.3, -0.25) is 14.5 Å². The second-order valence-corrected chi connectivity index (χ2v) is 7.50. The van der Waals surface area contributed by atoms with E-state index < -0.39 is 5.82 Å². The number of rotatable bonds is 3. The molecule has 1 unspecified atom stereocenters. The number of likely N-dealkylation sites (tertiary alicyclic amines) is 1. The SMILES string of the molecule is Cc1cccc(SC2CCCCN(C(=O)c3ccc(F)cc3)C2=O)c1. The Balaban J connectivity index is 1.79. The molecule has 0 aromatic heterocycles. The van der Waals surface area contributed by atoms with Gasteiger partial charge in [0.1, 0.15) is 5.82 Å². The van der Waals surface area contributed by atoms with E-state index in [1.807, 2.05) is 25.1 Å². The van der Waals surface area contributed by atoms with E-state index in [1.165, 1.54) is 40.9 Å². The summed E-state index contributed by atoms with van der Waals surface area (Å²) in [5.41, 5.74) is 1.49. The number of thioether (sulfide) groups is 1. The molecule has 0 aliphatic carbocycles. The van der Waals surface area contributed by atoms with Gasteiger partial charge in [-0.15, -0.1) is 11.8 Å². The molecule has 1 aliphatic heterocycles. The summed E-state index contributed by atoms with van der Waals surface area (Å²) < 4.78 is 13.1. The van der Waals surface area contributed by atoms with E-state index in [2.05, 4.69) is 6.07 Å². The Morgan fingerprint density at radius 3 is 2.64 bits per heavy atom. The maximum absolute atomic E-state index is 13.1. The van der Waals surface area contributed by atoms with Crippen molar-refractivity contribution in [1.82, 2.24) is 4.90 Å². The number of imide groups is 1. The monoisotopic (exact) mass is 357 g/mol. The molecule has 1 heterocycles. The summed E-state index contributed by atoms with van der Waals surface area (Å²) in [7, 11) is 0. The van der Waals surface area contributed by atoms with E-state index in [9.17, 15) is 14.0 Å². The molecule has 3 nitrogen and oxygen atoms in total. The fourth-order valence-corrected chi connectivity index (χ4v) is 4.17. The summed E-state index contributed by atoms with van der Waals surface area (Å²) in [5, 5.41) is -0.270. The first-order chi connectivity index (χ1) is 12.0. The molecule has 2 aromatic rings. The van der Waals surface area contributed by atoms with Gasteiger partial charge in [-0.2, -0.15) is 0 Å². The second kappa shape index (κ2) is 7.83. The Bertz CT molecular complexity index is 776. The third kappa shape index (κ3) is 4.28. The van der Waals surface area contributed by atoms with Gasteiger partial charge in [0.2, 0.25) is 5.91 Å². The Morgan fingerprint density at radius 1 is 1.16 bits per heavy atom. The lowest BCUT2D eigenvalue weighted by Gasteiger charge is -2.22. The summed E-state index contributed by atoms with van der Waals surface area (Å²) in [4.78, 5) is 28.0. The van der Waals surface area contributed by atoms with Crippen LogP contribution < -0.4 is 0 Å². The number of halogens is 1. The Labute approximate surface area is 151 Å². The molecular weight excluding hydrogens is 337 g/mol. The van der Waals surface area contributed by atoms with Crippen LogP contribution in [0, 0.1) is 12.7 Å². The topological polar surface area (TPSA) is 37.4 Å². The number of carbonyl (C=O) groups excluding carboxylic acids is 2. The molecule has 2 aromatic carbocycles. The van der Waals surface area contributed by atoms with Crippen LogP contribution in [-0.4, -0.2) is 28.5 Å². The van der Waals surface area contributed by atoms with Gasteiger partial charge < -0.3 is 0 Å². The zero-order chi connectivity index (χ0) is 17.8. The van der Waals surface area contributed by atoms with Gasteiger partial charge in [-0.25, -0.2) is 4.39 Å². The predicted molar refractivity (Wildman–Crippen MR) is 97.1 cm³/mol. The minimum Gasteiger partial charge on any atom is -0.278 e. The minimum atomic E-state index is -0.397. The zero-order valence-electron chi connectivity index (χ0n) is 14.1. The van der Waals surface area contributed by atoms with Crippen LogP contribution in [-0.2, 0) is 4.79 Å². The van der Waals surface area contributed by atoms with Crippen molar-refractivity contribution in [2.75, 3.05) is 6.54 Å². The highest BCUT2D eigenvalue weighted by Gasteiger charge is 2.32. The highest BCUT2D eigenvalue weighted by molar-refractivity contribution is 8.00. The fourth-order valence-electron chi connectivity index (χ4n) is 2.92. The lowest BCUT2D eigenvalue weighted by molar-refractivity contribution is -0.127. The number of nitrogens with zero attached hydrogens (tertiary/aromatic N) is 1. The third-order valence-corrected chi connectivity index (χ3v) is 5.49. The van der Waals surface area contributed by atoms with Crippen molar-refractivity contribution in [3.8, 4) is 0 Å². The molecule has 1 saturated heterocycles. The predicted octanol–water partition coefficient (Wildman–Crippen LogP) is 4.45. The van der Waals surface area contributed by atoms with Gasteiger partial charge in [0.05, 0.1) is 5.25 Å². The molecular formula is C20H20FNO2S. The summed E-state index contributed by atoms with van der Waals surface area (Å²) in [6.07, 6.45) is 2.45. The van der Waals surface area contributed by atoms with Crippen LogP contribution in [0.1, 0.15) is 35.2 Å². The van der Waals surface area contributed by atoms with Crippen LogP contribution >= 0.6 is 11.8 Å². The Morgan fingerprint density at radius 2 is 1.92 bits per heavy atom. The van der Waals surface area contributed by atoms with E-state index in [4.69, 9.17) is 0 Å². The molecule has 0 radical (unpaired) electrons. The first kappa shape index (κ1) is 17.7. The van der Waals surface area contributed by atoms with Gasteiger partial charge >= 0.3 is 0 Å². The van der Waals surface area contributed by atoms with Crippen molar-refractivity contribution in [1.29, 1.82) is 0 Å². The maximum atomic E-state index is 13.1. The molecule has 2 amide bonds. The number of hydrogen-bond acceptors (Lipinski definition) is 3. The molecule has 0 spiro atoms. The summed E-state index contributed by atoms with van der Waals surface area (Å²) in [6.45, 7) is 2.43. The fraction of sp³-hybridized carbons (Fsp3) is 0.300. The molecule has 0 bridgehead atoms. The van der Waals surface area contributed by atoms with E-state index >= 15 is 0 Å². The van der Waals surface area contributed by atoms with Crippen molar-refractivity contribution in [3.05, 3.63) is 65.5 Å². The summed E-state index contributed by atoms with van der Waals surface area (Å²) in [5.74, 6) is -0.897. The van der Waals surface area contributed by atoms with E-state index in [0.717, 1.165) is 29.7 Å². The van der Waals surface area contributed by atoms with E-state index in [-0.39, 0.29) is 17.1 Å². The molecule has 1 fully saturated rings. The number of carbonyl (C=O) groups is 2. The second-order valence-electron chi connectivity index (χ2n) is 6.22. The zero-order valence-corrected chi connectivity index (χ0v) is 14.9. The average molecular weight is 357 g/mol. The van der Waals surface area contributed by atoms with Crippen molar-refractivity contribution in [3.63, 3.8) is 0 Å².